The van der Waals surface area contributed by atoms with Crippen molar-refractivity contribution in [1.82, 2.24) is 10.2 Å². The van der Waals surface area contributed by atoms with E-state index in [1.807, 2.05) is 6.92 Å². The van der Waals surface area contributed by atoms with Gasteiger partial charge in [0.25, 0.3) is 5.91 Å². The van der Waals surface area contributed by atoms with Gasteiger partial charge in [0.1, 0.15) is 6.04 Å². The number of hydroxylamine groups is 1. The van der Waals surface area contributed by atoms with Gasteiger partial charge < -0.3 is 0 Å². The lowest BCUT2D eigenvalue weighted by atomic mass is 10.2. The van der Waals surface area contributed by atoms with Crippen molar-refractivity contribution in [3.8, 4) is 11.8 Å². The quantitative estimate of drug-likeness (QED) is 0.430. The summed E-state index contributed by atoms with van der Waals surface area (Å²) in [7, 11) is -3.83. The SMILES string of the molecule is CCCC#Cc1ccc(S(=O)(=O)N[C@@H](C)C(=O)NO)cc1. The van der Waals surface area contributed by atoms with Crippen LogP contribution in [0, 0.1) is 11.8 Å². The van der Waals surface area contributed by atoms with Crippen LogP contribution in [0.15, 0.2) is 29.2 Å². The lowest BCUT2D eigenvalue weighted by molar-refractivity contribution is -0.130. The van der Waals surface area contributed by atoms with Crippen molar-refractivity contribution >= 4 is 15.9 Å². The fraction of sp³-hybridized carbons (Fsp3) is 0.357. The third-order valence-electron chi connectivity index (χ3n) is 2.61. The first-order valence-electron chi connectivity index (χ1n) is 6.46. The molecule has 0 unspecified atom stereocenters. The first-order valence-corrected chi connectivity index (χ1v) is 7.94. The van der Waals surface area contributed by atoms with Crippen LogP contribution in [0.2, 0.25) is 0 Å². The number of hydrogen-bond donors (Lipinski definition) is 3. The number of amides is 1. The summed E-state index contributed by atoms with van der Waals surface area (Å²) in [5, 5.41) is 8.46. The molecule has 1 atom stereocenters. The average molecular weight is 310 g/mol. The first-order chi connectivity index (χ1) is 9.90. The summed E-state index contributed by atoms with van der Waals surface area (Å²) in [5.41, 5.74) is 2.12. The Labute approximate surface area is 124 Å². The van der Waals surface area contributed by atoms with Crippen LogP contribution in [0.3, 0.4) is 0 Å². The number of unbranched alkanes of at least 4 members (excludes halogenated alkanes) is 1. The summed E-state index contributed by atoms with van der Waals surface area (Å²) in [6.07, 6.45) is 1.75. The molecule has 1 aromatic carbocycles. The Morgan fingerprint density at radius 3 is 2.48 bits per heavy atom. The number of benzene rings is 1. The van der Waals surface area contributed by atoms with Crippen LogP contribution in [0.25, 0.3) is 0 Å². The fourth-order valence-corrected chi connectivity index (χ4v) is 2.66. The van der Waals surface area contributed by atoms with Gasteiger partial charge in [-0.1, -0.05) is 18.8 Å². The summed E-state index contributed by atoms with van der Waals surface area (Å²) >= 11 is 0. The van der Waals surface area contributed by atoms with Crippen LogP contribution in [0.4, 0.5) is 0 Å². The van der Waals surface area contributed by atoms with Crippen molar-refractivity contribution in [2.45, 2.75) is 37.6 Å². The molecule has 1 aromatic rings. The normalized spacial score (nSPS) is 12.1. The summed E-state index contributed by atoms with van der Waals surface area (Å²) in [6.45, 7) is 3.35. The zero-order valence-electron chi connectivity index (χ0n) is 11.9. The lowest BCUT2D eigenvalue weighted by Gasteiger charge is -2.12. The Kier molecular flexibility index (Phi) is 6.37. The molecule has 0 bridgehead atoms. The maximum Gasteiger partial charge on any atom is 0.261 e. The van der Waals surface area contributed by atoms with E-state index in [1.54, 1.807) is 12.1 Å². The van der Waals surface area contributed by atoms with Crippen molar-refractivity contribution in [3.63, 3.8) is 0 Å². The van der Waals surface area contributed by atoms with Crippen LogP contribution in [0.5, 0.6) is 0 Å². The molecule has 0 spiro atoms. The van der Waals surface area contributed by atoms with Crippen molar-refractivity contribution < 1.29 is 18.4 Å². The van der Waals surface area contributed by atoms with Gasteiger partial charge in [0.2, 0.25) is 10.0 Å². The van der Waals surface area contributed by atoms with Crippen molar-refractivity contribution in [2.75, 3.05) is 0 Å². The Hall–Kier alpha value is -1.88. The molecule has 0 aliphatic carbocycles. The van der Waals surface area contributed by atoms with Gasteiger partial charge in [0, 0.05) is 12.0 Å². The van der Waals surface area contributed by atoms with Gasteiger partial charge >= 0.3 is 0 Å². The predicted octanol–water partition coefficient (Wildman–Crippen LogP) is 1.01. The summed E-state index contributed by atoms with van der Waals surface area (Å²) in [6, 6.07) is 4.97. The molecule has 3 N–H and O–H groups in total. The number of carbonyl (C=O) groups excluding carboxylic acids is 1. The maximum absolute atomic E-state index is 12.0. The van der Waals surface area contributed by atoms with E-state index in [0.29, 0.717) is 0 Å². The van der Waals surface area contributed by atoms with E-state index in [2.05, 4.69) is 16.6 Å². The zero-order chi connectivity index (χ0) is 15.9. The third kappa shape index (κ3) is 5.19. The highest BCUT2D eigenvalue weighted by molar-refractivity contribution is 7.89. The van der Waals surface area contributed by atoms with E-state index >= 15 is 0 Å². The van der Waals surface area contributed by atoms with E-state index in [-0.39, 0.29) is 4.90 Å². The minimum atomic E-state index is -3.83. The van der Waals surface area contributed by atoms with Gasteiger partial charge in [0.05, 0.1) is 4.90 Å². The molecule has 0 aromatic heterocycles. The largest absolute Gasteiger partial charge is 0.289 e. The maximum atomic E-state index is 12.0. The number of nitrogens with one attached hydrogen (secondary N) is 2. The minimum Gasteiger partial charge on any atom is -0.289 e. The van der Waals surface area contributed by atoms with Crippen LogP contribution < -0.4 is 10.2 Å². The number of carbonyl (C=O) groups is 1. The number of hydrogen-bond acceptors (Lipinski definition) is 4. The van der Waals surface area contributed by atoms with Gasteiger partial charge in [-0.25, -0.2) is 13.9 Å². The second-order valence-corrected chi connectivity index (χ2v) is 6.11. The second-order valence-electron chi connectivity index (χ2n) is 4.40. The molecular weight excluding hydrogens is 292 g/mol. The molecule has 21 heavy (non-hydrogen) atoms. The van der Waals surface area contributed by atoms with E-state index in [4.69, 9.17) is 5.21 Å². The van der Waals surface area contributed by atoms with Crippen molar-refractivity contribution in [1.29, 1.82) is 0 Å². The highest BCUT2D eigenvalue weighted by Crippen LogP contribution is 2.10. The zero-order valence-corrected chi connectivity index (χ0v) is 12.7. The summed E-state index contributed by atoms with van der Waals surface area (Å²) in [4.78, 5) is 11.1. The van der Waals surface area contributed by atoms with Crippen LogP contribution in [-0.2, 0) is 14.8 Å². The molecule has 0 saturated carbocycles. The molecule has 0 saturated heterocycles. The van der Waals surface area contributed by atoms with E-state index in [0.717, 1.165) is 18.4 Å². The van der Waals surface area contributed by atoms with E-state index < -0.39 is 22.0 Å². The summed E-state index contributed by atoms with van der Waals surface area (Å²) < 4.78 is 26.2. The van der Waals surface area contributed by atoms with Crippen LogP contribution in [0.1, 0.15) is 32.3 Å². The molecule has 1 rings (SSSR count). The van der Waals surface area contributed by atoms with Gasteiger partial charge in [-0.05, 0) is 37.6 Å². The highest BCUT2D eigenvalue weighted by atomic mass is 32.2. The van der Waals surface area contributed by atoms with Crippen LogP contribution >= 0.6 is 0 Å². The molecule has 114 valence electrons. The Morgan fingerprint density at radius 1 is 1.33 bits per heavy atom. The Balaban J connectivity index is 2.86. The molecule has 0 heterocycles. The molecule has 0 aliphatic rings. The Bertz CT molecular complexity index is 642. The van der Waals surface area contributed by atoms with Crippen LogP contribution in [-0.4, -0.2) is 25.6 Å². The highest BCUT2D eigenvalue weighted by Gasteiger charge is 2.21. The topological polar surface area (TPSA) is 95.5 Å². The van der Waals surface area contributed by atoms with E-state index in [9.17, 15) is 13.2 Å². The monoisotopic (exact) mass is 310 g/mol. The van der Waals surface area contributed by atoms with Gasteiger partial charge in [0.15, 0.2) is 0 Å². The minimum absolute atomic E-state index is 0.0288. The third-order valence-corrected chi connectivity index (χ3v) is 4.16. The molecule has 0 radical (unpaired) electrons. The lowest BCUT2D eigenvalue weighted by Crippen LogP contribution is -2.43. The fourth-order valence-electron chi connectivity index (χ4n) is 1.46. The van der Waals surface area contributed by atoms with Crippen molar-refractivity contribution in [3.05, 3.63) is 29.8 Å². The molecule has 0 fully saturated rings. The summed E-state index contributed by atoms with van der Waals surface area (Å²) in [5.74, 6) is 5.07. The smallest absolute Gasteiger partial charge is 0.261 e. The standard InChI is InChI=1S/C14H18N2O4S/c1-3-4-5-6-12-7-9-13(10-8-12)21(19,20)16-11(2)14(17)15-18/h7-11,16,18H,3-4H2,1-2H3,(H,15,17)/t11-/m0/s1. The van der Waals surface area contributed by atoms with Gasteiger partial charge in [-0.15, -0.1) is 0 Å². The molecule has 1 amide bonds. The predicted molar refractivity (Wildman–Crippen MR) is 77.9 cm³/mol. The number of sulfonamides is 1. The first kappa shape index (κ1) is 17.2. The molecule has 0 aliphatic heterocycles. The molecule has 7 heteroatoms. The Morgan fingerprint density at radius 2 is 1.95 bits per heavy atom. The van der Waals surface area contributed by atoms with Crippen molar-refractivity contribution in [2.24, 2.45) is 0 Å². The molecule has 6 nitrogen and oxygen atoms in total. The van der Waals surface area contributed by atoms with E-state index in [1.165, 1.54) is 24.5 Å². The second kappa shape index (κ2) is 7.78. The molecular formula is C14H18N2O4S. The van der Waals surface area contributed by atoms with Gasteiger partial charge in [-0.3, -0.25) is 10.0 Å². The average Bonchev–Trinajstić information content (AvgIpc) is 2.46. The number of rotatable bonds is 5. The van der Waals surface area contributed by atoms with Gasteiger partial charge in [-0.2, -0.15) is 4.72 Å².